The molecule has 0 radical (unpaired) electrons. The maximum Gasteiger partial charge on any atom is 0.407 e. The molecule has 0 saturated carbocycles. The van der Waals surface area contributed by atoms with Crippen molar-refractivity contribution in [2.24, 2.45) is 10.9 Å². The topological polar surface area (TPSA) is 136 Å². The molecule has 2 atom stereocenters. The first-order valence-corrected chi connectivity index (χ1v) is 8.90. The molecule has 3 N–H and O–H groups in total. The molecule has 0 aromatic heterocycles. The Morgan fingerprint density at radius 1 is 1.43 bits per heavy atom. The summed E-state index contributed by atoms with van der Waals surface area (Å²) in [5.41, 5.74) is 4.94. The second-order valence-corrected chi connectivity index (χ2v) is 7.42. The molecule has 11 heteroatoms. The lowest BCUT2D eigenvalue weighted by Crippen LogP contribution is -2.50. The summed E-state index contributed by atoms with van der Waals surface area (Å²) >= 11 is 0. The molecule has 2 rings (SSSR count). The second kappa shape index (κ2) is 8.91. The molecule has 0 aliphatic carbocycles. The van der Waals surface area contributed by atoms with Crippen LogP contribution in [0, 0.1) is 0 Å². The van der Waals surface area contributed by atoms with Gasteiger partial charge in [-0.05, 0) is 20.8 Å². The van der Waals surface area contributed by atoms with Gasteiger partial charge in [-0.25, -0.2) is 9.59 Å². The summed E-state index contributed by atoms with van der Waals surface area (Å²) in [5.74, 6) is -0.660. The number of nitrogens with one attached hydrogen (secondary N) is 1. The van der Waals surface area contributed by atoms with Crippen LogP contribution in [0.3, 0.4) is 0 Å². The highest BCUT2D eigenvalue weighted by molar-refractivity contribution is 5.97. The van der Waals surface area contributed by atoms with Crippen LogP contribution in [0.25, 0.3) is 0 Å². The molecule has 2 fully saturated rings. The summed E-state index contributed by atoms with van der Waals surface area (Å²) in [6.07, 6.45) is 1.27. The van der Waals surface area contributed by atoms with Crippen molar-refractivity contribution in [3.8, 4) is 0 Å². The number of ether oxygens (including phenoxy) is 1. The first kappa shape index (κ1) is 21.5. The Hall–Kier alpha value is -2.82. The highest BCUT2D eigenvalue weighted by atomic mass is 16.7. The quantitative estimate of drug-likeness (QED) is 0.448. The number of piperidine rings is 1. The van der Waals surface area contributed by atoms with Crippen molar-refractivity contribution in [2.45, 2.75) is 44.9 Å². The third kappa shape index (κ3) is 5.59. The van der Waals surface area contributed by atoms with Crippen LogP contribution in [0.5, 0.6) is 0 Å². The number of primary amides is 1. The van der Waals surface area contributed by atoms with Crippen molar-refractivity contribution < 1.29 is 28.8 Å². The number of amides is 4. The van der Waals surface area contributed by atoms with E-state index in [1.165, 1.54) is 11.1 Å². The van der Waals surface area contributed by atoms with Crippen LogP contribution in [-0.2, 0) is 19.2 Å². The van der Waals surface area contributed by atoms with Gasteiger partial charge in [0.05, 0.1) is 24.9 Å². The molecule has 2 aliphatic heterocycles. The molecule has 2 heterocycles. The Bertz CT molecular complexity index is 659. The summed E-state index contributed by atoms with van der Waals surface area (Å²) in [5, 5.41) is 7.85. The van der Waals surface area contributed by atoms with E-state index in [1.807, 2.05) is 0 Å². The van der Waals surface area contributed by atoms with Gasteiger partial charge in [0, 0.05) is 13.0 Å². The number of fused-ring (bicyclic) bond motifs is 2. The number of hydrogen-bond acceptors (Lipinski definition) is 7. The molecular formula is C17H27N5O6. The number of nitrogens with two attached hydrogens (primary N) is 1. The van der Waals surface area contributed by atoms with Crippen molar-refractivity contribution in [1.82, 2.24) is 15.3 Å². The summed E-state index contributed by atoms with van der Waals surface area (Å²) in [4.78, 5) is 47.5. The van der Waals surface area contributed by atoms with Crippen LogP contribution in [0.4, 0.5) is 9.59 Å². The zero-order valence-electron chi connectivity index (χ0n) is 16.3. The lowest BCUT2D eigenvalue weighted by molar-refractivity contribution is -0.122. The van der Waals surface area contributed by atoms with Gasteiger partial charge in [0.2, 0.25) is 0 Å². The Labute approximate surface area is 163 Å². The maximum absolute atomic E-state index is 12.7. The number of carbonyl (C=O) groups is 3. The summed E-state index contributed by atoms with van der Waals surface area (Å²) in [6, 6.07) is -1.18. The summed E-state index contributed by atoms with van der Waals surface area (Å²) in [7, 11) is 0. The molecule has 2 saturated heterocycles. The van der Waals surface area contributed by atoms with E-state index < -0.39 is 23.6 Å². The Morgan fingerprint density at radius 2 is 2.14 bits per heavy atom. The second-order valence-electron chi connectivity index (χ2n) is 7.42. The molecule has 156 valence electrons. The predicted octanol–water partition coefficient (Wildman–Crippen LogP) is 0.365. The van der Waals surface area contributed by atoms with E-state index in [9.17, 15) is 14.4 Å². The number of oxime groups is 1. The van der Waals surface area contributed by atoms with Gasteiger partial charge in [-0.2, -0.15) is 5.06 Å². The number of rotatable bonds is 8. The minimum absolute atomic E-state index is 0.145. The van der Waals surface area contributed by atoms with Crippen molar-refractivity contribution >= 4 is 23.7 Å². The maximum atomic E-state index is 12.7. The number of nitrogens with zero attached hydrogens (tertiary/aromatic N) is 3. The Balaban J connectivity index is 2.10. The third-order valence-corrected chi connectivity index (χ3v) is 3.96. The van der Waals surface area contributed by atoms with Crippen LogP contribution in [0.2, 0.25) is 0 Å². The lowest BCUT2D eigenvalue weighted by atomic mass is 9.98. The van der Waals surface area contributed by atoms with Crippen molar-refractivity contribution in [3.05, 3.63) is 12.7 Å². The van der Waals surface area contributed by atoms with Crippen molar-refractivity contribution in [3.63, 3.8) is 0 Å². The van der Waals surface area contributed by atoms with Gasteiger partial charge in [0.25, 0.3) is 5.91 Å². The fourth-order valence-electron chi connectivity index (χ4n) is 2.88. The monoisotopic (exact) mass is 397 g/mol. The highest BCUT2D eigenvalue weighted by Gasteiger charge is 2.49. The predicted molar refractivity (Wildman–Crippen MR) is 99.1 cm³/mol. The Kier molecular flexibility index (Phi) is 6.84. The van der Waals surface area contributed by atoms with Gasteiger partial charge >= 0.3 is 12.1 Å². The van der Waals surface area contributed by atoms with Crippen LogP contribution in [0.1, 0.15) is 27.2 Å². The lowest BCUT2D eigenvalue weighted by Gasteiger charge is -2.31. The molecule has 0 aromatic carbocycles. The zero-order valence-corrected chi connectivity index (χ0v) is 16.3. The van der Waals surface area contributed by atoms with E-state index in [2.05, 4.69) is 17.1 Å². The number of urea groups is 1. The molecule has 4 amide bonds. The van der Waals surface area contributed by atoms with Gasteiger partial charge in [-0.15, -0.1) is 6.58 Å². The van der Waals surface area contributed by atoms with Gasteiger partial charge in [-0.3, -0.25) is 9.63 Å². The van der Waals surface area contributed by atoms with Gasteiger partial charge in [-0.1, -0.05) is 11.2 Å². The summed E-state index contributed by atoms with van der Waals surface area (Å²) < 4.78 is 5.22. The van der Waals surface area contributed by atoms with Gasteiger partial charge in [0.1, 0.15) is 11.6 Å². The minimum Gasteiger partial charge on any atom is -0.444 e. The molecule has 0 spiro atoms. The van der Waals surface area contributed by atoms with Crippen LogP contribution >= 0.6 is 0 Å². The molecule has 28 heavy (non-hydrogen) atoms. The Morgan fingerprint density at radius 3 is 2.75 bits per heavy atom. The average molecular weight is 397 g/mol. The number of alkyl carbamates (subject to hydrolysis) is 1. The third-order valence-electron chi connectivity index (χ3n) is 3.96. The smallest absolute Gasteiger partial charge is 0.407 e. The molecule has 0 aromatic rings. The first-order chi connectivity index (χ1) is 13.1. The summed E-state index contributed by atoms with van der Waals surface area (Å²) in [6.45, 7) is 9.10. The largest absolute Gasteiger partial charge is 0.444 e. The van der Waals surface area contributed by atoms with E-state index in [4.69, 9.17) is 20.1 Å². The van der Waals surface area contributed by atoms with Crippen LogP contribution < -0.4 is 11.1 Å². The van der Waals surface area contributed by atoms with E-state index in [0.29, 0.717) is 18.7 Å². The van der Waals surface area contributed by atoms with Gasteiger partial charge < -0.3 is 25.5 Å². The molecule has 2 aliphatic rings. The zero-order chi connectivity index (χ0) is 20.9. The normalized spacial score (nSPS) is 23.0. The van der Waals surface area contributed by atoms with Crippen LogP contribution in [0.15, 0.2) is 17.8 Å². The van der Waals surface area contributed by atoms with Gasteiger partial charge in [0.15, 0.2) is 6.61 Å². The number of hydroxylamine groups is 2. The molecule has 0 unspecified atom stereocenters. The SMILES string of the molecule is C=CCON1C(=O)N2C[C@H]1C(=NOCC(N)=O)C[C@H]2CNC(=O)OC(C)(C)C. The van der Waals surface area contributed by atoms with Crippen molar-refractivity contribution in [2.75, 3.05) is 26.3 Å². The minimum atomic E-state index is -0.660. The molecule has 11 nitrogen and oxygen atoms in total. The van der Waals surface area contributed by atoms with Crippen molar-refractivity contribution in [1.29, 1.82) is 0 Å². The highest BCUT2D eigenvalue weighted by Crippen LogP contribution is 2.28. The van der Waals surface area contributed by atoms with E-state index in [1.54, 1.807) is 25.7 Å². The number of carbonyl (C=O) groups excluding carboxylic acids is 3. The fourth-order valence-corrected chi connectivity index (χ4v) is 2.88. The standard InChI is InChI=1S/C17H27N5O6/c1-5-6-27-22-13-9-21(16(22)25)11(7-12(13)20-26-10-14(18)23)8-19-15(24)28-17(2,3)4/h5,11,13H,1,6-10H2,2-4H3,(H2,18,23)(H,19,24)/t11-,13-/m0/s1. The number of hydrogen-bond donors (Lipinski definition) is 2. The molecule has 2 bridgehead atoms. The van der Waals surface area contributed by atoms with E-state index in [0.717, 1.165) is 0 Å². The molecular weight excluding hydrogens is 370 g/mol. The van der Waals surface area contributed by atoms with Crippen LogP contribution in [-0.4, -0.2) is 77.7 Å². The fraction of sp³-hybridized carbons (Fsp3) is 0.647. The van der Waals surface area contributed by atoms with E-state index in [-0.39, 0.29) is 31.8 Å². The van der Waals surface area contributed by atoms with E-state index >= 15 is 0 Å². The average Bonchev–Trinajstić information content (AvgIpc) is 2.85. The first-order valence-electron chi connectivity index (χ1n) is 8.90.